The van der Waals surface area contributed by atoms with Crippen molar-refractivity contribution in [3.05, 3.63) is 24.3 Å². The van der Waals surface area contributed by atoms with Gasteiger partial charge in [-0.05, 0) is 49.9 Å². The molecule has 134 valence electrons. The van der Waals surface area contributed by atoms with E-state index < -0.39 is 0 Å². The van der Waals surface area contributed by atoms with E-state index in [1.807, 2.05) is 14.1 Å². The average Bonchev–Trinajstić information content (AvgIpc) is 3.20. The van der Waals surface area contributed by atoms with Gasteiger partial charge in [-0.3, -0.25) is 9.69 Å². The van der Waals surface area contributed by atoms with E-state index in [-0.39, 0.29) is 24.0 Å². The van der Waals surface area contributed by atoms with Crippen LogP contribution in [-0.4, -0.2) is 67.6 Å². The molecule has 0 unspecified atom stereocenters. The molecule has 3 amide bonds. The number of benzene rings is 1. The van der Waals surface area contributed by atoms with Crippen LogP contribution in [0.5, 0.6) is 0 Å². The topological polar surface area (TPSA) is 47.1 Å². The molecule has 1 aromatic rings. The molecular weight excluding hydrogens is 316 g/mol. The Kier molecular flexibility index (Phi) is 4.06. The molecule has 6 nitrogen and oxygen atoms in total. The number of rotatable bonds is 3. The Morgan fingerprint density at radius 1 is 0.960 bits per heavy atom. The van der Waals surface area contributed by atoms with Crippen LogP contribution in [0.2, 0.25) is 0 Å². The predicted octanol–water partition coefficient (Wildman–Crippen LogP) is 2.15. The van der Waals surface area contributed by atoms with Crippen LogP contribution >= 0.6 is 0 Å². The lowest BCUT2D eigenvalue weighted by atomic mass is 10.0. The summed E-state index contributed by atoms with van der Waals surface area (Å²) in [7, 11) is 4.08. The summed E-state index contributed by atoms with van der Waals surface area (Å²) in [5, 5.41) is 0. The number of carbonyl (C=O) groups excluding carboxylic acids is 2. The van der Waals surface area contributed by atoms with Crippen molar-refractivity contribution in [2.75, 3.05) is 43.5 Å². The second-order valence-electron chi connectivity index (χ2n) is 7.47. The first kappa shape index (κ1) is 16.2. The Morgan fingerprint density at radius 2 is 1.64 bits per heavy atom. The van der Waals surface area contributed by atoms with Gasteiger partial charge in [-0.25, -0.2) is 4.79 Å². The van der Waals surface area contributed by atoms with Crippen molar-refractivity contribution < 1.29 is 9.59 Å². The average molecular weight is 342 g/mol. The summed E-state index contributed by atoms with van der Waals surface area (Å²) in [5.41, 5.74) is 2.40. The molecule has 25 heavy (non-hydrogen) atoms. The second kappa shape index (κ2) is 6.24. The van der Waals surface area contributed by atoms with E-state index in [2.05, 4.69) is 34.1 Å². The van der Waals surface area contributed by atoms with Crippen LogP contribution in [-0.2, 0) is 4.79 Å². The highest BCUT2D eigenvalue weighted by atomic mass is 16.2. The van der Waals surface area contributed by atoms with Gasteiger partial charge in [0.1, 0.15) is 6.04 Å². The zero-order valence-corrected chi connectivity index (χ0v) is 15.0. The zero-order valence-electron chi connectivity index (χ0n) is 15.0. The summed E-state index contributed by atoms with van der Waals surface area (Å²) in [6.45, 7) is 2.50. The van der Waals surface area contributed by atoms with Crippen LogP contribution in [0.25, 0.3) is 0 Å². The first-order valence-electron chi connectivity index (χ1n) is 9.22. The van der Waals surface area contributed by atoms with Crippen molar-refractivity contribution in [2.24, 2.45) is 0 Å². The maximum absolute atomic E-state index is 12.6. The van der Waals surface area contributed by atoms with Gasteiger partial charge >= 0.3 is 6.03 Å². The number of hydrogen-bond acceptors (Lipinski definition) is 4. The molecule has 3 fully saturated rings. The van der Waals surface area contributed by atoms with Gasteiger partial charge in [-0.15, -0.1) is 0 Å². The largest absolute Gasteiger partial charge is 0.378 e. The third-order valence-corrected chi connectivity index (χ3v) is 5.79. The van der Waals surface area contributed by atoms with Crippen molar-refractivity contribution in [2.45, 2.75) is 37.8 Å². The number of urea groups is 1. The zero-order chi connectivity index (χ0) is 17.6. The first-order valence-corrected chi connectivity index (χ1v) is 9.22. The van der Waals surface area contributed by atoms with E-state index in [0.717, 1.165) is 45.3 Å². The molecule has 0 spiro atoms. The third-order valence-electron chi connectivity index (χ3n) is 5.79. The van der Waals surface area contributed by atoms with Crippen molar-refractivity contribution in [1.29, 1.82) is 0 Å². The Hall–Kier alpha value is -2.24. The fourth-order valence-electron chi connectivity index (χ4n) is 4.33. The summed E-state index contributed by atoms with van der Waals surface area (Å²) < 4.78 is 0. The van der Waals surface area contributed by atoms with Crippen LogP contribution in [0.15, 0.2) is 24.3 Å². The Balaban J connectivity index is 1.40. The van der Waals surface area contributed by atoms with Gasteiger partial charge in [0.2, 0.25) is 0 Å². The molecule has 4 rings (SSSR count). The van der Waals surface area contributed by atoms with Gasteiger partial charge in [-0.1, -0.05) is 0 Å². The van der Waals surface area contributed by atoms with Crippen LogP contribution < -0.4 is 9.80 Å². The van der Waals surface area contributed by atoms with Gasteiger partial charge in [0.25, 0.3) is 5.91 Å². The number of carbonyl (C=O) groups is 2. The Bertz CT molecular complexity index is 643. The molecule has 6 heteroatoms. The highest BCUT2D eigenvalue weighted by Gasteiger charge is 2.50. The molecule has 0 saturated carbocycles. The molecule has 1 atom stereocenters. The Morgan fingerprint density at radius 3 is 2.24 bits per heavy atom. The van der Waals surface area contributed by atoms with E-state index >= 15 is 0 Å². The minimum atomic E-state index is -0.177. The van der Waals surface area contributed by atoms with Crippen molar-refractivity contribution in [3.63, 3.8) is 0 Å². The lowest BCUT2D eigenvalue weighted by Gasteiger charge is -2.37. The molecule has 0 bridgehead atoms. The quantitative estimate of drug-likeness (QED) is 0.790. The summed E-state index contributed by atoms with van der Waals surface area (Å²) in [6, 6.07) is 8.39. The lowest BCUT2D eigenvalue weighted by Crippen LogP contribution is -2.48. The minimum Gasteiger partial charge on any atom is -0.378 e. The normalized spacial score (nSPS) is 24.2. The summed E-state index contributed by atoms with van der Waals surface area (Å²) in [5.74, 6) is 0.0382. The summed E-state index contributed by atoms with van der Waals surface area (Å²) in [6.07, 6.45) is 3.50. The SMILES string of the molecule is CN(C)c1ccc(N2CCC(N3C(=O)[C@H]4CCCN4C3=O)CC2)cc1. The fraction of sp³-hybridized carbons (Fsp3) is 0.579. The highest BCUT2D eigenvalue weighted by molar-refractivity contribution is 6.04. The minimum absolute atomic E-state index is 0.0382. The van der Waals surface area contributed by atoms with Crippen LogP contribution in [0.1, 0.15) is 25.7 Å². The number of fused-ring (bicyclic) bond motifs is 1. The van der Waals surface area contributed by atoms with Gasteiger partial charge in [-0.2, -0.15) is 0 Å². The standard InChI is InChI=1S/C19H26N4O2/c1-20(2)14-5-7-15(8-6-14)21-12-9-16(10-13-21)23-18(24)17-4-3-11-22(17)19(23)25/h5-8,16-17H,3-4,9-13H2,1-2H3/t17-/m1/s1. The van der Waals surface area contributed by atoms with Crippen molar-refractivity contribution in [3.8, 4) is 0 Å². The van der Waals surface area contributed by atoms with E-state index in [0.29, 0.717) is 0 Å². The van der Waals surface area contributed by atoms with Crippen molar-refractivity contribution >= 4 is 23.3 Å². The second-order valence-corrected chi connectivity index (χ2v) is 7.47. The van der Waals surface area contributed by atoms with Gasteiger partial charge in [0.05, 0.1) is 0 Å². The lowest BCUT2D eigenvalue weighted by molar-refractivity contribution is -0.129. The number of anilines is 2. The molecule has 3 aliphatic heterocycles. The van der Waals surface area contributed by atoms with Gasteiger partial charge < -0.3 is 14.7 Å². The number of imide groups is 1. The summed E-state index contributed by atoms with van der Waals surface area (Å²) >= 11 is 0. The smallest absolute Gasteiger partial charge is 0.327 e. The molecular formula is C19H26N4O2. The Labute approximate surface area is 149 Å². The van der Waals surface area contributed by atoms with Crippen molar-refractivity contribution in [1.82, 2.24) is 9.80 Å². The number of amides is 3. The van der Waals surface area contributed by atoms with E-state index in [1.54, 1.807) is 9.80 Å². The molecule has 0 aliphatic carbocycles. The van der Waals surface area contributed by atoms with E-state index in [1.165, 1.54) is 11.4 Å². The molecule has 3 heterocycles. The molecule has 1 aromatic carbocycles. The maximum Gasteiger partial charge on any atom is 0.327 e. The van der Waals surface area contributed by atoms with Gasteiger partial charge in [0.15, 0.2) is 0 Å². The highest BCUT2D eigenvalue weighted by Crippen LogP contribution is 2.32. The van der Waals surface area contributed by atoms with Crippen LogP contribution in [0.4, 0.5) is 16.2 Å². The number of piperidine rings is 1. The fourth-order valence-corrected chi connectivity index (χ4v) is 4.33. The number of hydrogen-bond donors (Lipinski definition) is 0. The predicted molar refractivity (Wildman–Crippen MR) is 98.0 cm³/mol. The monoisotopic (exact) mass is 342 g/mol. The molecule has 0 N–H and O–H groups in total. The maximum atomic E-state index is 12.6. The molecule has 3 aliphatic rings. The molecule has 0 aromatic heterocycles. The number of nitrogens with zero attached hydrogens (tertiary/aromatic N) is 4. The third kappa shape index (κ3) is 2.73. The van der Waals surface area contributed by atoms with Crippen LogP contribution in [0, 0.1) is 0 Å². The summed E-state index contributed by atoms with van der Waals surface area (Å²) in [4.78, 5) is 32.9. The first-order chi connectivity index (χ1) is 12.1. The van der Waals surface area contributed by atoms with E-state index in [9.17, 15) is 9.59 Å². The van der Waals surface area contributed by atoms with E-state index in [4.69, 9.17) is 0 Å². The molecule has 3 saturated heterocycles. The molecule has 0 radical (unpaired) electrons. The van der Waals surface area contributed by atoms with Crippen LogP contribution in [0.3, 0.4) is 0 Å². The van der Waals surface area contributed by atoms with Gasteiger partial charge in [0, 0.05) is 51.1 Å².